The number of aliphatic hydroxyl groups excluding tert-OH is 5. The summed E-state index contributed by atoms with van der Waals surface area (Å²) in [7, 11) is 3.10. The van der Waals surface area contributed by atoms with Gasteiger partial charge in [-0.25, -0.2) is 0 Å². The molecule has 7 rings (SSSR count). The first-order valence-corrected chi connectivity index (χ1v) is 18.5. The summed E-state index contributed by atoms with van der Waals surface area (Å²) in [6.07, 6.45) is -14.3. The van der Waals surface area contributed by atoms with E-state index in [9.17, 15) is 40.5 Å². The third-order valence-electron chi connectivity index (χ3n) is 10.0. The summed E-state index contributed by atoms with van der Waals surface area (Å²) in [6.45, 7) is 1.11. The van der Waals surface area contributed by atoms with Crippen molar-refractivity contribution in [3.8, 4) is 51.6 Å². The standard InChI is InChI=1S/C42H44O17/c1-20-33(46)36(49)37(50)41(56-20)59-40-34(47)29(45)19-55-42(40)58-39-35(48)32-28(44)15-26(53-17-21-4-9-24(51-2)10-5-21)16-31(32)57-38(39)23-8-13-30(27(43)14-23)54-18-22-6-11-25(52-3)12-7-22/h4-16,20,29,33-34,36-37,40-47,49-50H,17-19H2,1-3H3/t20-,29-,33-,34-,36+,37+,40+,41-,42-/m0/s1. The van der Waals surface area contributed by atoms with Gasteiger partial charge in [-0.15, -0.1) is 0 Å². The van der Waals surface area contributed by atoms with Gasteiger partial charge in [-0.1, -0.05) is 24.3 Å². The largest absolute Gasteiger partial charge is 0.507 e. The fourth-order valence-corrected chi connectivity index (χ4v) is 6.60. The summed E-state index contributed by atoms with van der Waals surface area (Å²) >= 11 is 0. The van der Waals surface area contributed by atoms with Crippen LogP contribution in [-0.2, 0) is 27.4 Å². The Kier molecular flexibility index (Phi) is 12.5. The summed E-state index contributed by atoms with van der Waals surface area (Å²) in [5.41, 5.74) is 0.628. The molecule has 17 heteroatoms. The smallest absolute Gasteiger partial charge is 0.239 e. The van der Waals surface area contributed by atoms with Crippen molar-refractivity contribution in [2.75, 3.05) is 20.8 Å². The van der Waals surface area contributed by atoms with E-state index in [1.165, 1.54) is 37.3 Å². The molecule has 59 heavy (non-hydrogen) atoms. The number of ether oxygens (including phenoxy) is 8. The van der Waals surface area contributed by atoms with Crippen LogP contribution < -0.4 is 29.1 Å². The van der Waals surface area contributed by atoms with E-state index >= 15 is 0 Å². The van der Waals surface area contributed by atoms with Gasteiger partial charge in [0.25, 0.3) is 0 Å². The first-order chi connectivity index (χ1) is 28.3. The summed E-state index contributed by atoms with van der Waals surface area (Å²) in [4.78, 5) is 14.4. The van der Waals surface area contributed by atoms with E-state index < -0.39 is 78.8 Å². The molecule has 2 aliphatic heterocycles. The van der Waals surface area contributed by atoms with Crippen LogP contribution in [0.5, 0.6) is 40.2 Å². The molecule has 1 aromatic heterocycles. The van der Waals surface area contributed by atoms with Gasteiger partial charge in [0.15, 0.2) is 29.7 Å². The average Bonchev–Trinajstić information content (AvgIpc) is 3.24. The highest BCUT2D eigenvalue weighted by Crippen LogP contribution is 2.40. The van der Waals surface area contributed by atoms with Crippen LogP contribution in [-0.4, -0.2) is 112 Å². The van der Waals surface area contributed by atoms with Crippen LogP contribution in [0.4, 0.5) is 0 Å². The van der Waals surface area contributed by atoms with Crippen LogP contribution in [0.1, 0.15) is 18.1 Å². The maximum absolute atomic E-state index is 14.4. The zero-order chi connectivity index (χ0) is 42.0. The maximum Gasteiger partial charge on any atom is 0.239 e. The van der Waals surface area contributed by atoms with Gasteiger partial charge in [0.05, 0.1) is 26.9 Å². The molecule has 0 radical (unpaired) electrons. The minimum absolute atomic E-state index is 0.0852. The van der Waals surface area contributed by atoms with E-state index in [0.717, 1.165) is 11.1 Å². The second-order valence-corrected chi connectivity index (χ2v) is 14.0. The van der Waals surface area contributed by atoms with Gasteiger partial charge in [0.1, 0.15) is 77.7 Å². The number of aliphatic hydroxyl groups is 5. The molecular formula is C42H44O17. The Morgan fingerprint density at radius 1 is 0.695 bits per heavy atom. The SMILES string of the molecule is COc1ccc(COc2cc(O)c3c(=O)c(O[C@@H]4OC[C@H](O)[C@H](O)[C@H]4O[C@@H]4O[C@@H](C)[C@H](O)[C@@H](O)[C@H]4O)c(-c4ccc(OCc5ccc(OC)cc5)c(O)c4)oc3c2)cc1. The van der Waals surface area contributed by atoms with Crippen molar-refractivity contribution >= 4 is 11.0 Å². The fraction of sp³-hybridized carbons (Fsp3) is 0.357. The topological polar surface area (TPSA) is 246 Å². The number of fused-ring (bicyclic) bond motifs is 1. The number of benzene rings is 4. The lowest BCUT2D eigenvalue weighted by molar-refractivity contribution is -0.344. The van der Waals surface area contributed by atoms with E-state index in [0.29, 0.717) is 11.5 Å². The zero-order valence-electron chi connectivity index (χ0n) is 32.0. The number of aromatic hydroxyl groups is 2. The highest BCUT2D eigenvalue weighted by Gasteiger charge is 2.49. The highest BCUT2D eigenvalue weighted by atomic mass is 16.8. The molecule has 0 bridgehead atoms. The van der Waals surface area contributed by atoms with Crippen molar-refractivity contribution in [2.45, 2.75) is 75.4 Å². The molecule has 0 amide bonds. The summed E-state index contributed by atoms with van der Waals surface area (Å²) in [5.74, 6) is -0.148. The lowest BCUT2D eigenvalue weighted by atomic mass is 9.99. The van der Waals surface area contributed by atoms with Gasteiger partial charge in [-0.05, 0) is 60.5 Å². The highest BCUT2D eigenvalue weighted by molar-refractivity contribution is 5.88. The second-order valence-electron chi connectivity index (χ2n) is 14.0. The quantitative estimate of drug-likeness (QED) is 0.0903. The Hall–Kier alpha value is -5.63. The Labute approximate surface area is 336 Å². The molecule has 2 saturated heterocycles. The van der Waals surface area contributed by atoms with E-state index in [2.05, 4.69) is 0 Å². The van der Waals surface area contributed by atoms with Crippen molar-refractivity contribution in [1.29, 1.82) is 0 Å². The maximum atomic E-state index is 14.4. The Bertz CT molecular complexity index is 2280. The van der Waals surface area contributed by atoms with Crippen molar-refractivity contribution in [1.82, 2.24) is 0 Å². The second kappa shape index (κ2) is 17.7. The fourth-order valence-electron chi connectivity index (χ4n) is 6.60. The minimum Gasteiger partial charge on any atom is -0.507 e. The molecule has 17 nitrogen and oxygen atoms in total. The predicted molar refractivity (Wildman–Crippen MR) is 206 cm³/mol. The van der Waals surface area contributed by atoms with E-state index in [1.807, 2.05) is 0 Å². The Morgan fingerprint density at radius 3 is 1.97 bits per heavy atom. The minimum atomic E-state index is -1.80. The zero-order valence-corrected chi connectivity index (χ0v) is 32.0. The number of hydrogen-bond donors (Lipinski definition) is 7. The Morgan fingerprint density at radius 2 is 1.34 bits per heavy atom. The summed E-state index contributed by atoms with van der Waals surface area (Å²) in [6, 6.07) is 21.1. The lowest BCUT2D eigenvalue weighted by Crippen LogP contribution is -2.62. The van der Waals surface area contributed by atoms with Gasteiger partial charge >= 0.3 is 0 Å². The number of hydrogen-bond acceptors (Lipinski definition) is 17. The molecule has 3 heterocycles. The van der Waals surface area contributed by atoms with Crippen molar-refractivity contribution < 1.29 is 78.1 Å². The normalized spacial score (nSPS) is 25.7. The molecule has 0 spiro atoms. The molecule has 9 atom stereocenters. The van der Waals surface area contributed by atoms with Crippen LogP contribution in [0.15, 0.2) is 88.1 Å². The third-order valence-corrected chi connectivity index (χ3v) is 10.0. The van der Waals surface area contributed by atoms with E-state index in [1.54, 1.807) is 62.8 Å². The predicted octanol–water partition coefficient (Wildman–Crippen LogP) is 2.72. The van der Waals surface area contributed by atoms with Crippen molar-refractivity contribution in [2.24, 2.45) is 0 Å². The first-order valence-electron chi connectivity index (χ1n) is 18.5. The molecule has 2 fully saturated rings. The molecule has 0 unspecified atom stereocenters. The van der Waals surface area contributed by atoms with Gasteiger partial charge in [-0.2, -0.15) is 0 Å². The molecule has 2 aliphatic rings. The molecule has 5 aromatic rings. The summed E-state index contributed by atoms with van der Waals surface area (Å²) < 4.78 is 51.6. The van der Waals surface area contributed by atoms with Crippen LogP contribution in [0.3, 0.4) is 0 Å². The number of phenols is 2. The molecule has 0 aliphatic carbocycles. The molecule has 4 aromatic carbocycles. The number of methoxy groups -OCH3 is 2. The Balaban J connectivity index is 1.25. The first kappa shape index (κ1) is 41.5. The molecule has 7 N–H and O–H groups in total. The van der Waals surface area contributed by atoms with Crippen molar-refractivity contribution in [3.63, 3.8) is 0 Å². The van der Waals surface area contributed by atoms with Crippen molar-refractivity contribution in [3.05, 3.63) is 100 Å². The van der Waals surface area contributed by atoms with Crippen LogP contribution in [0.2, 0.25) is 0 Å². The van der Waals surface area contributed by atoms with E-state index in [4.69, 9.17) is 42.3 Å². The number of rotatable bonds is 13. The van der Waals surface area contributed by atoms with Crippen LogP contribution >= 0.6 is 0 Å². The number of phenolic OH excluding ortho intramolecular Hbond substituents is 2. The van der Waals surface area contributed by atoms with Gasteiger partial charge in [-0.3, -0.25) is 4.79 Å². The molecule has 0 saturated carbocycles. The van der Waals surface area contributed by atoms with Crippen LogP contribution in [0, 0.1) is 0 Å². The van der Waals surface area contributed by atoms with Gasteiger partial charge < -0.3 is 78.1 Å². The summed E-state index contributed by atoms with van der Waals surface area (Å²) in [5, 5.41) is 74.8. The average molecular weight is 821 g/mol. The third kappa shape index (κ3) is 8.87. The van der Waals surface area contributed by atoms with Crippen LogP contribution in [0.25, 0.3) is 22.3 Å². The molecule has 314 valence electrons. The van der Waals surface area contributed by atoms with Gasteiger partial charge in [0.2, 0.25) is 17.5 Å². The van der Waals surface area contributed by atoms with Gasteiger partial charge in [0, 0.05) is 17.7 Å². The lowest BCUT2D eigenvalue weighted by Gasteiger charge is -2.43. The monoisotopic (exact) mass is 820 g/mol. The van der Waals surface area contributed by atoms with E-state index in [-0.39, 0.29) is 52.8 Å². The molecular weight excluding hydrogens is 776 g/mol.